The van der Waals surface area contributed by atoms with E-state index in [0.29, 0.717) is 10.0 Å². The van der Waals surface area contributed by atoms with Gasteiger partial charge in [-0.1, -0.05) is 0 Å². The van der Waals surface area contributed by atoms with Crippen molar-refractivity contribution in [1.82, 2.24) is 9.78 Å². The number of benzene rings is 1. The summed E-state index contributed by atoms with van der Waals surface area (Å²) in [6.45, 7) is 0. The van der Waals surface area contributed by atoms with Crippen LogP contribution in [0.3, 0.4) is 0 Å². The predicted molar refractivity (Wildman–Crippen MR) is 66.2 cm³/mol. The molecule has 1 amide bonds. The first-order valence-electron chi connectivity index (χ1n) is 4.75. The normalized spacial score (nSPS) is 10.2. The second-order valence-electron chi connectivity index (χ2n) is 3.31. The molecule has 3 N–H and O–H groups in total. The Balaban J connectivity index is 2.51. The van der Waals surface area contributed by atoms with Crippen LogP contribution in [0.5, 0.6) is 0 Å². The first-order valence-corrected chi connectivity index (χ1v) is 5.96. The van der Waals surface area contributed by atoms with E-state index in [-0.39, 0.29) is 11.4 Å². The van der Waals surface area contributed by atoms with Crippen molar-refractivity contribution >= 4 is 33.1 Å². The molecule has 1 atom stereocenters. The van der Waals surface area contributed by atoms with Crippen LogP contribution in [0.25, 0.3) is 5.69 Å². The van der Waals surface area contributed by atoms with Gasteiger partial charge in [-0.05, 0) is 0 Å². The van der Waals surface area contributed by atoms with Crippen molar-refractivity contribution in [2.75, 3.05) is 5.32 Å². The van der Waals surface area contributed by atoms with Gasteiger partial charge in [0.15, 0.2) is 0 Å². The summed E-state index contributed by atoms with van der Waals surface area (Å²) in [6, 6.07) is 8.95. The van der Waals surface area contributed by atoms with Crippen LogP contribution in [0.2, 0.25) is 0 Å². The molecule has 2 aromatic rings. The van der Waals surface area contributed by atoms with Gasteiger partial charge in [0, 0.05) is 0 Å². The first kappa shape index (κ1) is 11.5. The molecule has 1 aromatic heterocycles. The van der Waals surface area contributed by atoms with Crippen molar-refractivity contribution in [2.24, 2.45) is 0 Å². The average Bonchev–Trinajstić information content (AvgIpc) is 2.58. The molecule has 0 saturated heterocycles. The number of aromatic nitrogens is 2. The molecule has 7 heteroatoms. The quantitative estimate of drug-likeness (QED) is 0.654. The fourth-order valence-electron chi connectivity index (χ4n) is 1.41. The van der Waals surface area contributed by atoms with Gasteiger partial charge in [0.2, 0.25) is 0 Å². The van der Waals surface area contributed by atoms with Crippen molar-refractivity contribution in [1.29, 1.82) is 0 Å². The number of aromatic amines is 1. The minimum absolute atomic E-state index is 0.214. The van der Waals surface area contributed by atoms with Gasteiger partial charge in [0.1, 0.15) is 0 Å². The molecule has 1 aromatic carbocycles. The van der Waals surface area contributed by atoms with Gasteiger partial charge in [-0.15, -0.1) is 0 Å². The summed E-state index contributed by atoms with van der Waals surface area (Å²) in [5.41, 5.74) is 0.412. The number of hydrogen-bond donors (Lipinski definition) is 3. The Hall–Kier alpha value is -1.94. The van der Waals surface area contributed by atoms with E-state index in [1.807, 2.05) is 6.07 Å². The number of anilines is 1. The molecule has 0 fully saturated rings. The summed E-state index contributed by atoms with van der Waals surface area (Å²) in [5, 5.41) is 13.5. The fourth-order valence-corrected chi connectivity index (χ4v) is 1.97. The molecule has 17 heavy (non-hydrogen) atoms. The van der Waals surface area contributed by atoms with Crippen LogP contribution in [-0.4, -0.2) is 37.8 Å². The van der Waals surface area contributed by atoms with Crippen LogP contribution >= 0.6 is 0 Å². The van der Waals surface area contributed by atoms with Crippen LogP contribution in [0.4, 0.5) is 10.6 Å². The number of nitrogens with zero attached hydrogens (tertiary/aromatic N) is 1. The Morgan fingerprint density at radius 2 is 2.00 bits per heavy atom. The van der Waals surface area contributed by atoms with E-state index in [1.54, 1.807) is 24.3 Å². The Bertz CT molecular complexity index is 603. The molecule has 0 aliphatic rings. The van der Waals surface area contributed by atoms with Crippen molar-refractivity contribution < 1.29 is 9.90 Å². The third kappa shape index (κ3) is 2.26. The zero-order chi connectivity index (χ0) is 12.4. The van der Waals surface area contributed by atoms with Crippen LogP contribution in [0, 0.1) is 0 Å². The molecule has 0 saturated carbocycles. The van der Waals surface area contributed by atoms with Gasteiger partial charge in [-0.3, -0.25) is 0 Å². The predicted octanol–water partition coefficient (Wildman–Crippen LogP) is -0.486. The summed E-state index contributed by atoms with van der Waals surface area (Å²) in [4.78, 5) is 22.4. The summed E-state index contributed by atoms with van der Waals surface area (Å²) >= 11 is 1.07. The van der Waals surface area contributed by atoms with Crippen molar-refractivity contribution in [3.8, 4) is 5.69 Å². The molecule has 88 valence electrons. The minimum atomic E-state index is -1.20. The van der Waals surface area contributed by atoms with Gasteiger partial charge < -0.3 is 0 Å². The Morgan fingerprint density at radius 3 is 2.59 bits per heavy atom. The van der Waals surface area contributed by atoms with Crippen molar-refractivity contribution in [3.63, 3.8) is 0 Å². The molecule has 0 aliphatic carbocycles. The number of para-hydroxylation sites is 1. The van der Waals surface area contributed by atoms with E-state index >= 15 is 0 Å². The third-order valence-electron chi connectivity index (χ3n) is 2.17. The number of carbonyl (C=O) groups is 1. The molecule has 0 aliphatic heterocycles. The van der Waals surface area contributed by atoms with Crippen LogP contribution < -0.4 is 15.2 Å². The molecular formula is C10H10AsN3O3. The van der Waals surface area contributed by atoms with E-state index in [0.717, 1.165) is 16.9 Å². The number of H-pyrrole nitrogens is 1. The van der Waals surface area contributed by atoms with Crippen LogP contribution in [-0.2, 0) is 0 Å². The summed E-state index contributed by atoms with van der Waals surface area (Å²) in [5.74, 6) is 0.214. The second-order valence-corrected chi connectivity index (χ2v) is 4.52. The second kappa shape index (κ2) is 4.51. The van der Waals surface area contributed by atoms with Gasteiger partial charge in [-0.2, -0.15) is 0 Å². The molecule has 1 heterocycles. The molecule has 0 bridgehead atoms. The summed E-state index contributed by atoms with van der Waals surface area (Å²) < 4.78 is 1.70. The first-order chi connectivity index (χ1) is 8.09. The standard InChI is InChI=1S/C10H10AsN3O3/c11-7-8(12-10(16)17)13-14(9(7)15)6-4-2-1-3-5-6/h1-5,12-13H,11H2,(H,16,17). The summed E-state index contributed by atoms with van der Waals surface area (Å²) in [7, 11) is 0. The number of amides is 1. The number of rotatable bonds is 2. The SMILES string of the molecule is O=C(O)Nc1[nH]n(-c2ccccc2)c(=O)c1[AsH2]. The average molecular weight is 295 g/mol. The van der Waals surface area contributed by atoms with E-state index in [4.69, 9.17) is 5.11 Å². The van der Waals surface area contributed by atoms with Gasteiger partial charge >= 0.3 is 104 Å². The number of carboxylic acid groups (broad SMARTS) is 1. The van der Waals surface area contributed by atoms with E-state index in [1.165, 1.54) is 4.68 Å². The topological polar surface area (TPSA) is 87.1 Å². The molecule has 2 rings (SSSR count). The maximum absolute atomic E-state index is 11.9. The Labute approximate surface area is 105 Å². The zero-order valence-corrected chi connectivity index (χ0v) is 11.1. The van der Waals surface area contributed by atoms with Gasteiger partial charge in [0.25, 0.3) is 0 Å². The third-order valence-corrected chi connectivity index (χ3v) is 3.30. The van der Waals surface area contributed by atoms with Gasteiger partial charge in [-0.25, -0.2) is 0 Å². The van der Waals surface area contributed by atoms with E-state index < -0.39 is 6.09 Å². The molecular weight excluding hydrogens is 285 g/mol. The van der Waals surface area contributed by atoms with Crippen LogP contribution in [0.15, 0.2) is 35.1 Å². The summed E-state index contributed by atoms with van der Waals surface area (Å²) in [6.07, 6.45) is -1.20. The Kier molecular flexibility index (Phi) is 3.06. The molecule has 6 nitrogen and oxygen atoms in total. The molecule has 1 unspecified atom stereocenters. The molecule has 0 radical (unpaired) electrons. The zero-order valence-electron chi connectivity index (χ0n) is 8.68. The van der Waals surface area contributed by atoms with E-state index in [9.17, 15) is 9.59 Å². The van der Waals surface area contributed by atoms with Crippen molar-refractivity contribution in [2.45, 2.75) is 0 Å². The molecule has 0 spiro atoms. The Morgan fingerprint density at radius 1 is 1.35 bits per heavy atom. The van der Waals surface area contributed by atoms with Crippen molar-refractivity contribution in [3.05, 3.63) is 40.7 Å². The van der Waals surface area contributed by atoms with Crippen LogP contribution in [0.1, 0.15) is 0 Å². The van der Waals surface area contributed by atoms with E-state index in [2.05, 4.69) is 10.4 Å². The monoisotopic (exact) mass is 295 g/mol. The fraction of sp³-hybridized carbons (Fsp3) is 0. The maximum atomic E-state index is 11.9. The number of hydrogen-bond acceptors (Lipinski definition) is 2. The van der Waals surface area contributed by atoms with Gasteiger partial charge in [0.05, 0.1) is 0 Å². The number of nitrogens with one attached hydrogen (secondary N) is 2.